The molecule has 1 aliphatic rings. The van der Waals surface area contributed by atoms with Crippen molar-refractivity contribution in [1.82, 2.24) is 10.2 Å². The van der Waals surface area contributed by atoms with Gasteiger partial charge in [-0.25, -0.2) is 0 Å². The Balaban J connectivity index is 2.58. The molecule has 1 rings (SSSR count). The topological polar surface area (TPSA) is 58.6 Å². The van der Waals surface area contributed by atoms with Gasteiger partial charge in [0.1, 0.15) is 17.9 Å². The van der Waals surface area contributed by atoms with Crippen molar-refractivity contribution < 1.29 is 14.3 Å². The van der Waals surface area contributed by atoms with E-state index in [-0.39, 0.29) is 18.1 Å². The number of rotatable bonds is 5. The van der Waals surface area contributed by atoms with E-state index in [4.69, 9.17) is 4.74 Å². The second kappa shape index (κ2) is 7.01. The highest BCUT2D eigenvalue weighted by Crippen LogP contribution is 2.13. The van der Waals surface area contributed by atoms with Gasteiger partial charge in [0.15, 0.2) is 0 Å². The fourth-order valence-electron chi connectivity index (χ4n) is 2.24. The summed E-state index contributed by atoms with van der Waals surface area (Å²) in [4.78, 5) is 25.2. The van der Waals surface area contributed by atoms with Crippen molar-refractivity contribution in [3.05, 3.63) is 0 Å². The number of ether oxygens (including phenoxy) is 1. The van der Waals surface area contributed by atoms with Crippen LogP contribution in [-0.2, 0) is 14.3 Å². The average Bonchev–Trinajstić information content (AvgIpc) is 2.34. The average molecular weight is 270 g/mol. The summed E-state index contributed by atoms with van der Waals surface area (Å²) in [5, 5.41) is 3.16. The fraction of sp³-hybridized carbons (Fsp3) is 0.857. The van der Waals surface area contributed by atoms with Crippen LogP contribution in [0.25, 0.3) is 0 Å². The summed E-state index contributed by atoms with van der Waals surface area (Å²) in [5.41, 5.74) is -0.478. The molecule has 0 aliphatic carbocycles. The molecule has 0 saturated carbocycles. The lowest BCUT2D eigenvalue weighted by atomic mass is 10.1. The molecule has 5 heteroatoms. The van der Waals surface area contributed by atoms with Crippen molar-refractivity contribution in [3.63, 3.8) is 0 Å². The molecule has 1 heterocycles. The number of hydrogen-bond donors (Lipinski definition) is 1. The molecule has 0 spiro atoms. The molecule has 0 aromatic rings. The van der Waals surface area contributed by atoms with E-state index in [1.165, 1.54) is 0 Å². The molecule has 1 saturated heterocycles. The van der Waals surface area contributed by atoms with Crippen molar-refractivity contribution in [2.75, 3.05) is 19.6 Å². The Morgan fingerprint density at radius 1 is 1.53 bits per heavy atom. The van der Waals surface area contributed by atoms with E-state index in [1.807, 2.05) is 20.8 Å². The molecule has 0 bridgehead atoms. The van der Waals surface area contributed by atoms with Gasteiger partial charge in [-0.05, 0) is 27.2 Å². The summed E-state index contributed by atoms with van der Waals surface area (Å²) >= 11 is 0. The van der Waals surface area contributed by atoms with E-state index in [1.54, 1.807) is 0 Å². The first-order chi connectivity index (χ1) is 8.87. The van der Waals surface area contributed by atoms with Crippen LogP contribution in [0.4, 0.5) is 0 Å². The number of piperazine rings is 1. The Hall–Kier alpha value is -0.940. The summed E-state index contributed by atoms with van der Waals surface area (Å²) in [6, 6.07) is -0.427. The zero-order chi connectivity index (χ0) is 14.5. The van der Waals surface area contributed by atoms with E-state index in [2.05, 4.69) is 17.1 Å². The summed E-state index contributed by atoms with van der Waals surface area (Å²) in [5.74, 6) is -0.238. The molecule has 0 amide bonds. The maximum absolute atomic E-state index is 12.0. The van der Waals surface area contributed by atoms with Crippen LogP contribution in [0.2, 0.25) is 0 Å². The van der Waals surface area contributed by atoms with Gasteiger partial charge in [0.05, 0.1) is 6.04 Å². The van der Waals surface area contributed by atoms with Crippen LogP contribution in [-0.4, -0.2) is 54.5 Å². The number of nitrogens with zero attached hydrogens (tertiary/aromatic N) is 1. The SMILES string of the molecule is CCCC(C=O)N1CCNC(C(=O)OC(C)(C)C)C1. The highest BCUT2D eigenvalue weighted by Gasteiger charge is 2.31. The quantitative estimate of drug-likeness (QED) is 0.596. The summed E-state index contributed by atoms with van der Waals surface area (Å²) in [6.07, 6.45) is 2.79. The minimum Gasteiger partial charge on any atom is -0.459 e. The standard InChI is InChI=1S/C14H26N2O3/c1-5-6-11(10-17)16-8-7-15-12(9-16)13(18)19-14(2,3)4/h10-12,15H,5-9H2,1-4H3. The maximum Gasteiger partial charge on any atom is 0.324 e. The van der Waals surface area contributed by atoms with Crippen molar-refractivity contribution in [2.24, 2.45) is 0 Å². The van der Waals surface area contributed by atoms with Crippen LogP contribution in [0.1, 0.15) is 40.5 Å². The van der Waals surface area contributed by atoms with Gasteiger partial charge in [0.2, 0.25) is 0 Å². The molecular weight excluding hydrogens is 244 g/mol. The molecule has 1 aliphatic heterocycles. The van der Waals surface area contributed by atoms with Crippen molar-refractivity contribution in [3.8, 4) is 0 Å². The molecule has 2 unspecified atom stereocenters. The number of carbonyl (C=O) groups excluding carboxylic acids is 2. The highest BCUT2D eigenvalue weighted by molar-refractivity contribution is 5.76. The Bertz CT molecular complexity index is 312. The van der Waals surface area contributed by atoms with Gasteiger partial charge in [-0.1, -0.05) is 13.3 Å². The molecule has 19 heavy (non-hydrogen) atoms. The first-order valence-electron chi connectivity index (χ1n) is 7.03. The first kappa shape index (κ1) is 16.1. The van der Waals surface area contributed by atoms with Crippen LogP contribution in [0.5, 0.6) is 0 Å². The van der Waals surface area contributed by atoms with Crippen LogP contribution >= 0.6 is 0 Å². The largest absolute Gasteiger partial charge is 0.459 e. The second-order valence-corrected chi connectivity index (χ2v) is 6.03. The summed E-state index contributed by atoms with van der Waals surface area (Å²) in [7, 11) is 0. The van der Waals surface area contributed by atoms with E-state index >= 15 is 0 Å². The molecule has 0 aromatic heterocycles. The lowest BCUT2D eigenvalue weighted by Crippen LogP contribution is -2.58. The highest BCUT2D eigenvalue weighted by atomic mass is 16.6. The van der Waals surface area contributed by atoms with E-state index in [9.17, 15) is 9.59 Å². The predicted octanol–water partition coefficient (Wildman–Crippen LogP) is 0.970. The van der Waals surface area contributed by atoms with E-state index < -0.39 is 5.60 Å². The van der Waals surface area contributed by atoms with Gasteiger partial charge in [0.25, 0.3) is 0 Å². The molecule has 1 N–H and O–H groups in total. The minimum absolute atomic E-state index is 0.0861. The zero-order valence-corrected chi connectivity index (χ0v) is 12.4. The van der Waals surface area contributed by atoms with Crippen LogP contribution in [0, 0.1) is 0 Å². The molecule has 1 fully saturated rings. The second-order valence-electron chi connectivity index (χ2n) is 6.03. The van der Waals surface area contributed by atoms with Crippen LogP contribution in [0.15, 0.2) is 0 Å². The summed E-state index contributed by atoms with van der Waals surface area (Å²) < 4.78 is 5.38. The molecule has 5 nitrogen and oxygen atoms in total. The summed E-state index contributed by atoms with van der Waals surface area (Å²) in [6.45, 7) is 9.67. The number of carbonyl (C=O) groups is 2. The van der Waals surface area contributed by atoms with E-state index in [0.717, 1.165) is 25.7 Å². The molecule has 0 aromatic carbocycles. The Labute approximate surface area is 115 Å². The van der Waals surface area contributed by atoms with Gasteiger partial charge >= 0.3 is 5.97 Å². The zero-order valence-electron chi connectivity index (χ0n) is 12.4. The number of nitrogens with one attached hydrogen (secondary N) is 1. The minimum atomic E-state index is -0.478. The van der Waals surface area contributed by atoms with Crippen LogP contribution in [0.3, 0.4) is 0 Å². The third kappa shape index (κ3) is 5.28. The van der Waals surface area contributed by atoms with E-state index in [0.29, 0.717) is 13.1 Å². The molecule has 110 valence electrons. The lowest BCUT2D eigenvalue weighted by Gasteiger charge is -2.36. The van der Waals surface area contributed by atoms with Gasteiger partial charge in [-0.2, -0.15) is 0 Å². The van der Waals surface area contributed by atoms with Crippen LogP contribution < -0.4 is 5.32 Å². The third-order valence-electron chi connectivity index (χ3n) is 3.11. The number of hydrogen-bond acceptors (Lipinski definition) is 5. The number of esters is 1. The molecular formula is C14H26N2O3. The number of aldehydes is 1. The Morgan fingerprint density at radius 3 is 2.74 bits per heavy atom. The lowest BCUT2D eigenvalue weighted by molar-refractivity contribution is -0.159. The smallest absolute Gasteiger partial charge is 0.324 e. The van der Waals surface area contributed by atoms with Gasteiger partial charge in [-0.15, -0.1) is 0 Å². The fourth-order valence-corrected chi connectivity index (χ4v) is 2.24. The predicted molar refractivity (Wildman–Crippen MR) is 74.0 cm³/mol. The van der Waals surface area contributed by atoms with Crippen molar-refractivity contribution in [2.45, 2.75) is 58.2 Å². The Morgan fingerprint density at radius 2 is 2.21 bits per heavy atom. The van der Waals surface area contributed by atoms with Crippen molar-refractivity contribution >= 4 is 12.3 Å². The first-order valence-corrected chi connectivity index (χ1v) is 7.03. The monoisotopic (exact) mass is 270 g/mol. The van der Waals surface area contributed by atoms with Gasteiger partial charge in [-0.3, -0.25) is 9.69 Å². The van der Waals surface area contributed by atoms with Gasteiger partial charge < -0.3 is 14.8 Å². The van der Waals surface area contributed by atoms with Gasteiger partial charge in [0, 0.05) is 19.6 Å². The third-order valence-corrected chi connectivity index (χ3v) is 3.11. The maximum atomic E-state index is 12.0. The van der Waals surface area contributed by atoms with Crippen molar-refractivity contribution in [1.29, 1.82) is 0 Å². The Kier molecular flexibility index (Phi) is 5.94. The normalized spacial score (nSPS) is 22.8. The molecule has 2 atom stereocenters. The molecule has 0 radical (unpaired) electrons.